The summed E-state index contributed by atoms with van der Waals surface area (Å²) in [6, 6.07) is 10.8. The van der Waals surface area contributed by atoms with Gasteiger partial charge in [0.2, 0.25) is 0 Å². The molecule has 224 valence electrons. The maximum Gasteiger partial charge on any atom is 0.165 e. The lowest BCUT2D eigenvalue weighted by molar-refractivity contribution is -0.127. The van der Waals surface area contributed by atoms with Gasteiger partial charge in [-0.05, 0) is 57.1 Å². The minimum absolute atomic E-state index is 0.145. The number of imidazole rings is 1. The first-order valence-corrected chi connectivity index (χ1v) is 14.7. The number of hydrogen-bond donors (Lipinski definition) is 2. The van der Waals surface area contributed by atoms with Gasteiger partial charge in [0.25, 0.3) is 0 Å². The number of methoxy groups -OCH3 is 1. The van der Waals surface area contributed by atoms with E-state index in [1.165, 1.54) is 18.3 Å². The van der Waals surface area contributed by atoms with Crippen LogP contribution in [0.5, 0.6) is 0 Å². The molecule has 1 fully saturated rings. The van der Waals surface area contributed by atoms with Crippen LogP contribution in [0.3, 0.4) is 0 Å². The molecule has 0 radical (unpaired) electrons. The summed E-state index contributed by atoms with van der Waals surface area (Å²) in [5.74, 6) is 8.24. The summed E-state index contributed by atoms with van der Waals surface area (Å²) in [5.41, 5.74) is 8.59. The number of rotatable bonds is 10. The Labute approximate surface area is 246 Å². The van der Waals surface area contributed by atoms with Crippen LogP contribution in [0.1, 0.15) is 84.7 Å². The van der Waals surface area contributed by atoms with Crippen molar-refractivity contribution in [1.82, 2.24) is 24.8 Å². The number of benzene rings is 1. The van der Waals surface area contributed by atoms with E-state index in [1.807, 2.05) is 59.3 Å². The molecule has 2 heterocycles. The molecule has 8 nitrogen and oxygen atoms in total. The van der Waals surface area contributed by atoms with E-state index >= 15 is 0 Å². The van der Waals surface area contributed by atoms with Crippen LogP contribution < -0.4 is 11.1 Å². The molecular formula is C33H50N6O2. The zero-order chi connectivity index (χ0) is 30.3. The molecule has 4 rings (SSSR count). The SMILES string of the molecule is CC#CCC1CCC(n2cnc3c(N)ncnc32)C1C.CCC(C)(C)C(=O)CCCOC.CNCc1ccccc1. The molecule has 1 saturated carbocycles. The number of ether oxygens (including phenoxy) is 1. The highest BCUT2D eigenvalue weighted by molar-refractivity contribution is 5.84. The lowest BCUT2D eigenvalue weighted by Crippen LogP contribution is -2.23. The molecule has 0 amide bonds. The Bertz CT molecular complexity index is 1240. The summed E-state index contributed by atoms with van der Waals surface area (Å²) in [7, 11) is 3.61. The van der Waals surface area contributed by atoms with Gasteiger partial charge in [0.05, 0.1) is 6.33 Å². The fraction of sp³-hybridized carbons (Fsp3) is 0.576. The van der Waals surface area contributed by atoms with Gasteiger partial charge in [-0.15, -0.1) is 11.8 Å². The number of ketones is 1. The third-order valence-corrected chi connectivity index (χ3v) is 8.08. The van der Waals surface area contributed by atoms with Crippen molar-refractivity contribution in [2.45, 2.75) is 85.7 Å². The van der Waals surface area contributed by atoms with Gasteiger partial charge in [-0.2, -0.15) is 0 Å². The molecule has 3 aromatic rings. The van der Waals surface area contributed by atoms with Gasteiger partial charge in [-0.25, -0.2) is 15.0 Å². The summed E-state index contributed by atoms with van der Waals surface area (Å²) in [5, 5.41) is 3.08. The van der Waals surface area contributed by atoms with Crippen molar-refractivity contribution in [1.29, 1.82) is 0 Å². The van der Waals surface area contributed by atoms with Gasteiger partial charge >= 0.3 is 0 Å². The third kappa shape index (κ3) is 10.2. The number of nitrogens with two attached hydrogens (primary N) is 1. The first-order chi connectivity index (χ1) is 19.7. The number of carbonyl (C=O) groups is 1. The van der Waals surface area contributed by atoms with E-state index in [2.05, 4.69) is 55.7 Å². The summed E-state index contributed by atoms with van der Waals surface area (Å²) in [6.45, 7) is 11.9. The lowest BCUT2D eigenvalue weighted by atomic mass is 9.83. The predicted molar refractivity (Wildman–Crippen MR) is 168 cm³/mol. The molecular weight excluding hydrogens is 512 g/mol. The number of nitrogen functional groups attached to an aromatic ring is 1. The van der Waals surface area contributed by atoms with Crippen molar-refractivity contribution in [3.8, 4) is 11.8 Å². The monoisotopic (exact) mass is 562 g/mol. The summed E-state index contributed by atoms with van der Waals surface area (Å²) in [4.78, 5) is 24.2. The molecule has 0 bridgehead atoms. The summed E-state index contributed by atoms with van der Waals surface area (Å²) >= 11 is 0. The first kappa shape index (κ1) is 33.9. The number of fused-ring (bicyclic) bond motifs is 1. The summed E-state index contributed by atoms with van der Waals surface area (Å²) in [6.07, 6.45) is 9.11. The largest absolute Gasteiger partial charge is 0.385 e. The van der Waals surface area contributed by atoms with Crippen LogP contribution in [0, 0.1) is 29.1 Å². The van der Waals surface area contributed by atoms with Gasteiger partial charge in [0, 0.05) is 44.6 Å². The molecule has 3 N–H and O–H groups in total. The zero-order valence-corrected chi connectivity index (χ0v) is 26.1. The van der Waals surface area contributed by atoms with Gasteiger partial charge in [0.1, 0.15) is 17.6 Å². The molecule has 2 aromatic heterocycles. The molecule has 0 aliphatic heterocycles. The Morgan fingerprint density at radius 2 is 1.93 bits per heavy atom. The maximum atomic E-state index is 11.5. The Balaban J connectivity index is 0.000000239. The van der Waals surface area contributed by atoms with E-state index in [0.717, 1.165) is 37.9 Å². The van der Waals surface area contributed by atoms with Gasteiger partial charge < -0.3 is 20.4 Å². The third-order valence-electron chi connectivity index (χ3n) is 8.08. The highest BCUT2D eigenvalue weighted by Crippen LogP contribution is 2.42. The van der Waals surface area contributed by atoms with Crippen LogP contribution in [0.2, 0.25) is 0 Å². The first-order valence-electron chi connectivity index (χ1n) is 14.7. The Hall–Kier alpha value is -3.28. The zero-order valence-electron chi connectivity index (χ0n) is 26.1. The smallest absolute Gasteiger partial charge is 0.165 e. The quantitative estimate of drug-likeness (QED) is 0.223. The topological polar surface area (TPSA) is 108 Å². The fourth-order valence-electron chi connectivity index (χ4n) is 4.96. The van der Waals surface area contributed by atoms with E-state index in [4.69, 9.17) is 10.5 Å². The Morgan fingerprint density at radius 1 is 1.20 bits per heavy atom. The fourth-order valence-corrected chi connectivity index (χ4v) is 4.96. The van der Waals surface area contributed by atoms with Gasteiger partial charge in [0.15, 0.2) is 11.5 Å². The molecule has 41 heavy (non-hydrogen) atoms. The van der Waals surface area contributed by atoms with Gasteiger partial charge in [-0.1, -0.05) is 58.0 Å². The second kappa shape index (κ2) is 17.5. The van der Waals surface area contributed by atoms with Gasteiger partial charge in [-0.3, -0.25) is 4.79 Å². The van der Waals surface area contributed by atoms with Crippen molar-refractivity contribution < 1.29 is 9.53 Å². The van der Waals surface area contributed by atoms with Crippen LogP contribution in [-0.4, -0.2) is 46.1 Å². The number of nitrogens with zero attached hydrogens (tertiary/aromatic N) is 4. The molecule has 3 atom stereocenters. The number of nitrogens with one attached hydrogen (secondary N) is 1. The van der Waals surface area contributed by atoms with Crippen LogP contribution >= 0.6 is 0 Å². The molecule has 8 heteroatoms. The van der Waals surface area contributed by atoms with Crippen LogP contribution in [0.15, 0.2) is 43.0 Å². The minimum Gasteiger partial charge on any atom is -0.385 e. The van der Waals surface area contributed by atoms with E-state index in [1.54, 1.807) is 7.11 Å². The molecule has 0 spiro atoms. The number of carbonyl (C=O) groups excluding carboxylic acids is 1. The van der Waals surface area contributed by atoms with Crippen LogP contribution in [-0.2, 0) is 16.1 Å². The van der Waals surface area contributed by atoms with Crippen LogP contribution in [0.4, 0.5) is 5.82 Å². The Kier molecular flexibility index (Phi) is 14.5. The molecule has 3 unspecified atom stereocenters. The Morgan fingerprint density at radius 3 is 2.56 bits per heavy atom. The molecule has 1 aliphatic rings. The highest BCUT2D eigenvalue weighted by atomic mass is 16.5. The lowest BCUT2D eigenvalue weighted by Gasteiger charge is -2.21. The molecule has 1 aromatic carbocycles. The summed E-state index contributed by atoms with van der Waals surface area (Å²) < 4.78 is 7.05. The van der Waals surface area contributed by atoms with Crippen molar-refractivity contribution in [3.63, 3.8) is 0 Å². The van der Waals surface area contributed by atoms with Crippen molar-refractivity contribution >= 4 is 22.8 Å². The standard InChI is InChI=1S/C15H19N5.C10H20O2.C8H11N/c1-3-4-5-11-6-7-12(10(11)2)20-9-19-13-14(16)17-8-18-15(13)20;1-5-10(2,3)9(11)7-6-8-12-4;1-9-7-8-5-3-2-4-6-8/h8-12H,5-7H2,1-2H3,(H2,16,17,18);5-8H2,1-4H3;2-6,9H,7H2,1H3. The minimum atomic E-state index is -0.145. The van der Waals surface area contributed by atoms with Crippen molar-refractivity contribution in [2.24, 2.45) is 17.3 Å². The number of Topliss-reactive ketones (excluding diaryl/α,β-unsaturated/α-hetero) is 1. The van der Waals surface area contributed by atoms with Crippen molar-refractivity contribution in [3.05, 3.63) is 48.5 Å². The average molecular weight is 563 g/mol. The van der Waals surface area contributed by atoms with Crippen molar-refractivity contribution in [2.75, 3.05) is 26.5 Å². The second-order valence-corrected chi connectivity index (χ2v) is 11.3. The normalized spacial score (nSPS) is 18.0. The van der Waals surface area contributed by atoms with E-state index in [0.29, 0.717) is 48.0 Å². The molecule has 0 saturated heterocycles. The number of aromatic nitrogens is 4. The highest BCUT2D eigenvalue weighted by Gasteiger charge is 2.34. The van der Waals surface area contributed by atoms with E-state index in [-0.39, 0.29) is 5.41 Å². The molecule has 1 aliphatic carbocycles. The maximum absolute atomic E-state index is 11.5. The second-order valence-electron chi connectivity index (χ2n) is 11.3. The van der Waals surface area contributed by atoms with E-state index < -0.39 is 0 Å². The van der Waals surface area contributed by atoms with E-state index in [9.17, 15) is 4.79 Å². The average Bonchev–Trinajstić information content (AvgIpc) is 3.57. The van der Waals surface area contributed by atoms with Crippen LogP contribution in [0.25, 0.3) is 11.2 Å². The predicted octanol–water partition coefficient (Wildman–Crippen LogP) is 6.23. The number of anilines is 1. The number of hydrogen-bond acceptors (Lipinski definition) is 7.